The molecule has 0 aromatic carbocycles. The number of hydrogen-bond donors (Lipinski definition) is 2. The molecule has 3 unspecified atom stereocenters. The summed E-state index contributed by atoms with van der Waals surface area (Å²) in [4.78, 5) is 21.6. The second-order valence-corrected chi connectivity index (χ2v) is 6.52. The van der Waals surface area contributed by atoms with Gasteiger partial charge in [0.05, 0.1) is 5.69 Å². The average Bonchev–Trinajstić information content (AvgIpc) is 2.93. The number of nitrogens with zero attached hydrogens (tertiary/aromatic N) is 3. The summed E-state index contributed by atoms with van der Waals surface area (Å²) in [5, 5.41) is 12.2. The van der Waals surface area contributed by atoms with Crippen molar-refractivity contribution >= 4 is 5.91 Å². The van der Waals surface area contributed by atoms with Crippen molar-refractivity contribution in [3.63, 3.8) is 0 Å². The van der Waals surface area contributed by atoms with E-state index in [4.69, 9.17) is 5.11 Å². The monoisotopic (exact) mass is 318 g/mol. The van der Waals surface area contributed by atoms with Crippen molar-refractivity contribution in [1.82, 2.24) is 20.1 Å². The highest BCUT2D eigenvalue weighted by Crippen LogP contribution is 2.28. The molecule has 126 valence electrons. The predicted octanol–water partition coefficient (Wildman–Crippen LogP) is 0.227. The van der Waals surface area contributed by atoms with Crippen molar-refractivity contribution in [2.75, 3.05) is 26.7 Å². The highest BCUT2D eigenvalue weighted by atomic mass is 16.3. The Bertz CT molecular complexity index is 525. The standard InChI is InChI=1S/C17H26N4O2/c1-20-14(6-4-10-22)11-19-17(23)16-15(20)7-9-21(16)12-13-5-2-3-8-18-13/h2-3,5,8,14-16,22H,4,6-7,9-12H2,1H3,(H,19,23). The molecule has 0 aliphatic carbocycles. The smallest absolute Gasteiger partial charge is 0.239 e. The highest BCUT2D eigenvalue weighted by molar-refractivity contribution is 5.83. The van der Waals surface area contributed by atoms with Crippen LogP contribution >= 0.6 is 0 Å². The number of fused-ring (bicyclic) bond motifs is 1. The fraction of sp³-hybridized carbons (Fsp3) is 0.647. The molecule has 3 rings (SSSR count). The van der Waals surface area contributed by atoms with Crippen LogP contribution in [0.4, 0.5) is 0 Å². The lowest BCUT2D eigenvalue weighted by Gasteiger charge is -2.33. The Hall–Kier alpha value is -1.50. The molecule has 0 spiro atoms. The van der Waals surface area contributed by atoms with Crippen molar-refractivity contribution in [3.05, 3.63) is 30.1 Å². The van der Waals surface area contributed by atoms with E-state index in [1.54, 1.807) is 6.20 Å². The van der Waals surface area contributed by atoms with Gasteiger partial charge in [-0.2, -0.15) is 0 Å². The molecule has 23 heavy (non-hydrogen) atoms. The first kappa shape index (κ1) is 16.4. The summed E-state index contributed by atoms with van der Waals surface area (Å²) >= 11 is 0. The van der Waals surface area contributed by atoms with E-state index < -0.39 is 0 Å². The number of rotatable bonds is 5. The van der Waals surface area contributed by atoms with E-state index in [0.717, 1.165) is 31.5 Å². The fourth-order valence-corrected chi connectivity index (χ4v) is 3.85. The van der Waals surface area contributed by atoms with Crippen LogP contribution in [0.15, 0.2) is 24.4 Å². The number of carbonyl (C=O) groups is 1. The van der Waals surface area contributed by atoms with Crippen LogP contribution in [0, 0.1) is 0 Å². The van der Waals surface area contributed by atoms with Gasteiger partial charge in [-0.25, -0.2) is 0 Å². The lowest BCUT2D eigenvalue weighted by atomic mass is 10.0. The maximum Gasteiger partial charge on any atom is 0.239 e. The van der Waals surface area contributed by atoms with E-state index in [2.05, 4.69) is 27.1 Å². The number of pyridine rings is 1. The molecule has 2 fully saturated rings. The maximum atomic E-state index is 12.6. The Morgan fingerprint density at radius 1 is 1.43 bits per heavy atom. The summed E-state index contributed by atoms with van der Waals surface area (Å²) in [6.07, 6.45) is 4.49. The SMILES string of the molecule is CN1C(CCCO)CNC(=O)C2C1CCN2Cc1ccccn1. The molecule has 0 radical (unpaired) electrons. The van der Waals surface area contributed by atoms with Crippen LogP contribution < -0.4 is 5.32 Å². The van der Waals surface area contributed by atoms with Gasteiger partial charge in [0.2, 0.25) is 5.91 Å². The summed E-state index contributed by atoms with van der Waals surface area (Å²) in [7, 11) is 2.12. The molecule has 1 amide bonds. The Labute approximate surface area is 137 Å². The number of likely N-dealkylation sites (N-methyl/N-ethyl adjacent to an activating group) is 1. The summed E-state index contributed by atoms with van der Waals surface area (Å²) < 4.78 is 0. The molecule has 6 nitrogen and oxygen atoms in total. The summed E-state index contributed by atoms with van der Waals surface area (Å²) in [5.41, 5.74) is 1.00. The Kier molecular flexibility index (Phi) is 5.25. The maximum absolute atomic E-state index is 12.6. The molecule has 2 saturated heterocycles. The van der Waals surface area contributed by atoms with Crippen LogP contribution in [0.2, 0.25) is 0 Å². The molecule has 3 heterocycles. The van der Waals surface area contributed by atoms with Gasteiger partial charge in [0.15, 0.2) is 0 Å². The number of carbonyl (C=O) groups excluding carboxylic acids is 1. The molecular weight excluding hydrogens is 292 g/mol. The number of aliphatic hydroxyl groups is 1. The molecule has 3 atom stereocenters. The van der Waals surface area contributed by atoms with Crippen LogP contribution in [0.5, 0.6) is 0 Å². The minimum atomic E-state index is -0.110. The molecule has 1 aromatic rings. The van der Waals surface area contributed by atoms with Gasteiger partial charge in [-0.15, -0.1) is 0 Å². The predicted molar refractivity (Wildman–Crippen MR) is 87.7 cm³/mol. The minimum Gasteiger partial charge on any atom is -0.396 e. The highest BCUT2D eigenvalue weighted by Gasteiger charge is 2.44. The normalized spacial score (nSPS) is 29.1. The zero-order valence-electron chi connectivity index (χ0n) is 13.7. The van der Waals surface area contributed by atoms with Crippen LogP contribution in [-0.2, 0) is 11.3 Å². The van der Waals surface area contributed by atoms with Gasteiger partial charge >= 0.3 is 0 Å². The third kappa shape index (κ3) is 3.54. The topological polar surface area (TPSA) is 68.7 Å². The zero-order valence-corrected chi connectivity index (χ0v) is 13.7. The second-order valence-electron chi connectivity index (χ2n) is 6.52. The van der Waals surface area contributed by atoms with Crippen LogP contribution in [0.3, 0.4) is 0 Å². The summed E-state index contributed by atoms with van der Waals surface area (Å²) in [5.74, 6) is 0.127. The van der Waals surface area contributed by atoms with E-state index in [-0.39, 0.29) is 24.6 Å². The average molecular weight is 318 g/mol. The van der Waals surface area contributed by atoms with Crippen molar-refractivity contribution < 1.29 is 9.90 Å². The van der Waals surface area contributed by atoms with Gasteiger partial charge in [0.1, 0.15) is 6.04 Å². The number of nitrogens with one attached hydrogen (secondary N) is 1. The quantitative estimate of drug-likeness (QED) is 0.813. The second kappa shape index (κ2) is 7.38. The molecule has 2 aliphatic heterocycles. The molecule has 1 aromatic heterocycles. The summed E-state index contributed by atoms with van der Waals surface area (Å²) in [6.45, 7) is 2.50. The van der Waals surface area contributed by atoms with Crippen LogP contribution in [0.1, 0.15) is 25.0 Å². The van der Waals surface area contributed by atoms with Gasteiger partial charge in [-0.3, -0.25) is 19.6 Å². The van der Waals surface area contributed by atoms with Gasteiger partial charge < -0.3 is 10.4 Å². The summed E-state index contributed by atoms with van der Waals surface area (Å²) in [6, 6.07) is 6.34. The first-order valence-corrected chi connectivity index (χ1v) is 8.45. The molecule has 2 aliphatic rings. The van der Waals surface area contributed by atoms with Gasteiger partial charge in [0.25, 0.3) is 0 Å². The number of likely N-dealkylation sites (tertiary alicyclic amines) is 1. The van der Waals surface area contributed by atoms with Crippen LogP contribution in [0.25, 0.3) is 0 Å². The number of amides is 1. The van der Waals surface area contributed by atoms with Crippen LogP contribution in [-0.4, -0.2) is 70.7 Å². The van der Waals surface area contributed by atoms with Crippen molar-refractivity contribution in [3.8, 4) is 0 Å². The van der Waals surface area contributed by atoms with E-state index in [9.17, 15) is 4.79 Å². The Morgan fingerprint density at radius 2 is 2.30 bits per heavy atom. The third-order valence-corrected chi connectivity index (χ3v) is 5.14. The molecule has 0 bridgehead atoms. The van der Waals surface area contributed by atoms with Crippen molar-refractivity contribution in [2.24, 2.45) is 0 Å². The van der Waals surface area contributed by atoms with E-state index in [1.807, 2.05) is 18.2 Å². The molecule has 6 heteroatoms. The number of aliphatic hydroxyl groups excluding tert-OH is 1. The lowest BCUT2D eigenvalue weighted by molar-refractivity contribution is -0.126. The first-order chi connectivity index (χ1) is 11.2. The minimum absolute atomic E-state index is 0.110. The fourth-order valence-electron chi connectivity index (χ4n) is 3.85. The zero-order chi connectivity index (χ0) is 16.2. The largest absolute Gasteiger partial charge is 0.396 e. The van der Waals surface area contributed by atoms with Gasteiger partial charge in [-0.05, 0) is 38.4 Å². The molecule has 0 saturated carbocycles. The Balaban J connectivity index is 1.72. The number of hydrogen-bond acceptors (Lipinski definition) is 5. The van der Waals surface area contributed by atoms with Crippen molar-refractivity contribution in [1.29, 1.82) is 0 Å². The first-order valence-electron chi connectivity index (χ1n) is 8.45. The lowest BCUT2D eigenvalue weighted by Crippen LogP contribution is -2.49. The molecular formula is C17H26N4O2. The van der Waals surface area contributed by atoms with E-state index in [1.165, 1.54) is 0 Å². The number of aromatic nitrogens is 1. The van der Waals surface area contributed by atoms with E-state index >= 15 is 0 Å². The Morgan fingerprint density at radius 3 is 3.04 bits per heavy atom. The van der Waals surface area contributed by atoms with Crippen molar-refractivity contribution in [2.45, 2.75) is 43.9 Å². The molecule has 2 N–H and O–H groups in total. The van der Waals surface area contributed by atoms with Gasteiger partial charge in [0, 0.05) is 44.5 Å². The van der Waals surface area contributed by atoms with E-state index in [0.29, 0.717) is 19.1 Å². The third-order valence-electron chi connectivity index (χ3n) is 5.14. The van der Waals surface area contributed by atoms with Gasteiger partial charge in [-0.1, -0.05) is 6.07 Å².